The number of amides is 1. The third-order valence-corrected chi connectivity index (χ3v) is 5.00. The van der Waals surface area contributed by atoms with Gasteiger partial charge in [-0.3, -0.25) is 14.8 Å². The van der Waals surface area contributed by atoms with Crippen LogP contribution in [0.15, 0.2) is 48.5 Å². The molecule has 3 aromatic rings. The Bertz CT molecular complexity index is 1030. The number of halogens is 1. The summed E-state index contributed by atoms with van der Waals surface area (Å²) in [6, 6.07) is 14.7. The van der Waals surface area contributed by atoms with E-state index < -0.39 is 0 Å². The molecular weight excluding hydrogens is 392 g/mol. The van der Waals surface area contributed by atoms with Gasteiger partial charge in [0.25, 0.3) is 5.91 Å². The van der Waals surface area contributed by atoms with Crippen molar-refractivity contribution in [2.45, 2.75) is 20.3 Å². The van der Waals surface area contributed by atoms with E-state index in [0.717, 1.165) is 17.8 Å². The van der Waals surface area contributed by atoms with Crippen LogP contribution in [0.2, 0.25) is 5.02 Å². The topological polar surface area (TPSA) is 59.0 Å². The number of carbonyl (C=O) groups is 1. The van der Waals surface area contributed by atoms with E-state index >= 15 is 0 Å². The number of benzene rings is 2. The van der Waals surface area contributed by atoms with Gasteiger partial charge in [0.15, 0.2) is 5.11 Å². The molecule has 1 amide bonds. The molecule has 0 unspecified atom stereocenters. The smallest absolute Gasteiger partial charge is 0.257 e. The van der Waals surface area contributed by atoms with Gasteiger partial charge in [0.1, 0.15) is 0 Å². The molecule has 0 aliphatic heterocycles. The normalized spacial score (nSPS) is 10.6. The van der Waals surface area contributed by atoms with Gasteiger partial charge < -0.3 is 5.32 Å². The quantitative estimate of drug-likeness (QED) is 0.623. The molecule has 1 aromatic heterocycles. The molecule has 5 nitrogen and oxygen atoms in total. The predicted molar refractivity (Wildman–Crippen MR) is 117 cm³/mol. The van der Waals surface area contributed by atoms with E-state index in [1.54, 1.807) is 24.3 Å². The molecule has 144 valence electrons. The summed E-state index contributed by atoms with van der Waals surface area (Å²) >= 11 is 11.1. The maximum Gasteiger partial charge on any atom is 0.257 e. The van der Waals surface area contributed by atoms with Crippen molar-refractivity contribution in [3.05, 3.63) is 81.6 Å². The van der Waals surface area contributed by atoms with Gasteiger partial charge in [-0.1, -0.05) is 29.8 Å². The first-order chi connectivity index (χ1) is 13.3. The Hall–Kier alpha value is -2.70. The van der Waals surface area contributed by atoms with Crippen molar-refractivity contribution in [3.8, 4) is 0 Å². The van der Waals surface area contributed by atoms with Crippen molar-refractivity contribution >= 4 is 40.5 Å². The van der Waals surface area contributed by atoms with E-state index in [1.165, 1.54) is 16.8 Å². The number of carbonyl (C=O) groups excluding carboxylic acids is 1. The highest BCUT2D eigenvalue weighted by molar-refractivity contribution is 7.80. The second-order valence-electron chi connectivity index (χ2n) is 6.57. The highest BCUT2D eigenvalue weighted by atomic mass is 35.5. The zero-order valence-electron chi connectivity index (χ0n) is 15.9. The lowest BCUT2D eigenvalue weighted by Crippen LogP contribution is -2.34. The maximum atomic E-state index is 12.2. The molecule has 0 bridgehead atoms. The highest BCUT2D eigenvalue weighted by Crippen LogP contribution is 2.19. The number of thiocarbonyl (C=S) groups is 1. The SMILES string of the molecule is Cc1nn(C)c(C)c1Cc1ccc(NC(=S)NC(=O)c2cccc(Cl)c2)cc1. The molecule has 28 heavy (non-hydrogen) atoms. The average molecular weight is 413 g/mol. The lowest BCUT2D eigenvalue weighted by Gasteiger charge is -2.10. The van der Waals surface area contributed by atoms with Gasteiger partial charge in [-0.2, -0.15) is 5.10 Å². The Morgan fingerprint density at radius 2 is 1.89 bits per heavy atom. The summed E-state index contributed by atoms with van der Waals surface area (Å²) in [5.74, 6) is -0.306. The van der Waals surface area contributed by atoms with E-state index in [2.05, 4.69) is 22.7 Å². The number of hydrogen-bond acceptors (Lipinski definition) is 3. The molecule has 2 N–H and O–H groups in total. The number of hydrogen-bond donors (Lipinski definition) is 2. The number of aromatic nitrogens is 2. The Kier molecular flexibility index (Phi) is 6.11. The van der Waals surface area contributed by atoms with Crippen LogP contribution in [0.3, 0.4) is 0 Å². The van der Waals surface area contributed by atoms with Crippen LogP contribution >= 0.6 is 23.8 Å². The van der Waals surface area contributed by atoms with Crippen LogP contribution in [0.5, 0.6) is 0 Å². The van der Waals surface area contributed by atoms with Gasteiger partial charge in [0.2, 0.25) is 0 Å². The Balaban J connectivity index is 1.60. The van der Waals surface area contributed by atoms with Crippen LogP contribution in [0.1, 0.15) is 32.9 Å². The van der Waals surface area contributed by atoms with Gasteiger partial charge in [-0.15, -0.1) is 0 Å². The summed E-state index contributed by atoms with van der Waals surface area (Å²) < 4.78 is 1.90. The van der Waals surface area contributed by atoms with Crippen molar-refractivity contribution in [1.82, 2.24) is 15.1 Å². The predicted octanol–water partition coefficient (Wildman–Crippen LogP) is 4.41. The Morgan fingerprint density at radius 3 is 2.50 bits per heavy atom. The standard InChI is InChI=1S/C21H21ClN4OS/c1-13-19(14(2)26(3)25-13)11-15-7-9-18(10-8-15)23-21(28)24-20(27)16-5-4-6-17(22)12-16/h4-10,12H,11H2,1-3H3,(H2,23,24,27,28). The van der Waals surface area contributed by atoms with Crippen molar-refractivity contribution < 1.29 is 4.79 Å². The van der Waals surface area contributed by atoms with E-state index in [4.69, 9.17) is 23.8 Å². The van der Waals surface area contributed by atoms with Crippen LogP contribution in [-0.4, -0.2) is 20.8 Å². The summed E-state index contributed by atoms with van der Waals surface area (Å²) in [6.07, 6.45) is 0.821. The minimum absolute atomic E-state index is 0.233. The highest BCUT2D eigenvalue weighted by Gasteiger charge is 2.11. The van der Waals surface area contributed by atoms with Crippen LogP contribution in [0.4, 0.5) is 5.69 Å². The number of nitrogens with one attached hydrogen (secondary N) is 2. The maximum absolute atomic E-state index is 12.2. The summed E-state index contributed by atoms with van der Waals surface area (Å²) in [5.41, 5.74) is 5.90. The zero-order valence-corrected chi connectivity index (χ0v) is 17.5. The molecule has 0 spiro atoms. The lowest BCUT2D eigenvalue weighted by molar-refractivity contribution is 0.0977. The molecule has 0 saturated carbocycles. The molecule has 1 heterocycles. The van der Waals surface area contributed by atoms with Gasteiger partial charge in [-0.05, 0) is 62.0 Å². The van der Waals surface area contributed by atoms with Crippen LogP contribution in [-0.2, 0) is 13.5 Å². The molecule has 2 aromatic carbocycles. The Labute approximate surface area is 174 Å². The van der Waals surface area contributed by atoms with Crippen molar-refractivity contribution in [3.63, 3.8) is 0 Å². The zero-order chi connectivity index (χ0) is 20.3. The molecule has 0 atom stereocenters. The molecule has 0 aliphatic rings. The summed E-state index contributed by atoms with van der Waals surface area (Å²) in [6.45, 7) is 4.10. The van der Waals surface area contributed by atoms with Gasteiger partial charge in [0.05, 0.1) is 5.69 Å². The summed E-state index contributed by atoms with van der Waals surface area (Å²) in [4.78, 5) is 12.2. The number of nitrogens with zero attached hydrogens (tertiary/aromatic N) is 2. The summed E-state index contributed by atoms with van der Waals surface area (Å²) in [7, 11) is 1.96. The molecule has 3 rings (SSSR count). The number of rotatable bonds is 4. The first-order valence-electron chi connectivity index (χ1n) is 8.79. The first-order valence-corrected chi connectivity index (χ1v) is 9.58. The van der Waals surface area contributed by atoms with Crippen LogP contribution in [0.25, 0.3) is 0 Å². The summed E-state index contributed by atoms with van der Waals surface area (Å²) in [5, 5.41) is 10.9. The molecule has 7 heteroatoms. The minimum atomic E-state index is -0.306. The van der Waals surface area contributed by atoms with Crippen molar-refractivity contribution in [1.29, 1.82) is 0 Å². The van der Waals surface area contributed by atoms with E-state index in [-0.39, 0.29) is 11.0 Å². The third kappa shape index (κ3) is 4.77. The minimum Gasteiger partial charge on any atom is -0.332 e. The fraction of sp³-hybridized carbons (Fsp3) is 0.190. The first kappa shape index (κ1) is 20.0. The monoisotopic (exact) mass is 412 g/mol. The van der Waals surface area contributed by atoms with Crippen molar-refractivity contribution in [2.75, 3.05) is 5.32 Å². The second kappa shape index (κ2) is 8.54. The molecule has 0 radical (unpaired) electrons. The van der Waals surface area contributed by atoms with Gasteiger partial charge in [-0.25, -0.2) is 0 Å². The van der Waals surface area contributed by atoms with Crippen molar-refractivity contribution in [2.24, 2.45) is 7.05 Å². The van der Waals surface area contributed by atoms with E-state index in [9.17, 15) is 4.79 Å². The van der Waals surface area contributed by atoms with E-state index in [0.29, 0.717) is 10.6 Å². The van der Waals surface area contributed by atoms with Crippen LogP contribution in [0, 0.1) is 13.8 Å². The molecule has 0 saturated heterocycles. The van der Waals surface area contributed by atoms with Gasteiger partial charge >= 0.3 is 0 Å². The third-order valence-electron chi connectivity index (χ3n) is 4.57. The molecule has 0 aliphatic carbocycles. The molecular formula is C21H21ClN4OS. The molecule has 0 fully saturated rings. The average Bonchev–Trinajstić information content (AvgIpc) is 2.89. The number of aryl methyl sites for hydroxylation is 2. The second-order valence-corrected chi connectivity index (χ2v) is 7.41. The largest absolute Gasteiger partial charge is 0.332 e. The fourth-order valence-electron chi connectivity index (χ4n) is 2.95. The fourth-order valence-corrected chi connectivity index (χ4v) is 3.35. The lowest BCUT2D eigenvalue weighted by atomic mass is 10.0. The number of anilines is 1. The Morgan fingerprint density at radius 1 is 1.18 bits per heavy atom. The van der Waals surface area contributed by atoms with Crippen LogP contribution < -0.4 is 10.6 Å². The van der Waals surface area contributed by atoms with Gasteiger partial charge in [0, 0.05) is 41.0 Å². The van der Waals surface area contributed by atoms with E-state index in [1.807, 2.05) is 42.9 Å².